The number of amides is 2. The number of hydrogen-bond donors (Lipinski definition) is 1. The van der Waals surface area contributed by atoms with Gasteiger partial charge in [-0.05, 0) is 51.9 Å². The number of ether oxygens (including phenoxy) is 1. The van der Waals surface area contributed by atoms with Crippen LogP contribution in [0.15, 0.2) is 0 Å². The van der Waals surface area contributed by atoms with Gasteiger partial charge >= 0.3 is 11.8 Å². The Morgan fingerprint density at radius 2 is 1.95 bits per heavy atom. The lowest BCUT2D eigenvalue weighted by molar-refractivity contribution is -0.147. The maximum atomic E-state index is 12.3. The van der Waals surface area contributed by atoms with Gasteiger partial charge in [0.25, 0.3) is 0 Å². The summed E-state index contributed by atoms with van der Waals surface area (Å²) in [5.41, 5.74) is -0.225. The van der Waals surface area contributed by atoms with E-state index >= 15 is 0 Å². The van der Waals surface area contributed by atoms with Crippen molar-refractivity contribution in [3.05, 3.63) is 0 Å². The Bertz CT molecular complexity index is 395. The highest BCUT2D eigenvalue weighted by Crippen LogP contribution is 2.24. The third-order valence-corrected chi connectivity index (χ3v) is 4.53. The highest BCUT2D eigenvalue weighted by molar-refractivity contribution is 6.35. The molecule has 2 amide bonds. The molecule has 2 aliphatic heterocycles. The van der Waals surface area contributed by atoms with Crippen molar-refractivity contribution >= 4 is 11.8 Å². The summed E-state index contributed by atoms with van der Waals surface area (Å²) < 4.78 is 5.64. The summed E-state index contributed by atoms with van der Waals surface area (Å²) in [6, 6.07) is 0.0381. The summed E-state index contributed by atoms with van der Waals surface area (Å²) in [6.45, 7) is 8.28. The molecule has 2 rings (SSSR count). The highest BCUT2D eigenvalue weighted by atomic mass is 16.5. The second kappa shape index (κ2) is 6.77. The molecule has 0 aliphatic carbocycles. The molecule has 0 saturated carbocycles. The van der Waals surface area contributed by atoms with E-state index in [9.17, 15) is 9.59 Å². The van der Waals surface area contributed by atoms with E-state index in [2.05, 4.69) is 12.2 Å². The van der Waals surface area contributed by atoms with Gasteiger partial charge in [0, 0.05) is 25.7 Å². The molecular formula is C16H28N2O3. The first-order valence-electron chi connectivity index (χ1n) is 8.11. The van der Waals surface area contributed by atoms with E-state index in [4.69, 9.17) is 4.74 Å². The second-order valence-corrected chi connectivity index (χ2v) is 7.10. The van der Waals surface area contributed by atoms with Crippen molar-refractivity contribution in [2.45, 2.75) is 64.5 Å². The molecule has 2 fully saturated rings. The molecule has 5 heteroatoms. The molecule has 1 N–H and O–H groups in total. The molecule has 2 saturated heterocycles. The molecule has 0 aromatic heterocycles. The quantitative estimate of drug-likeness (QED) is 0.749. The van der Waals surface area contributed by atoms with Gasteiger partial charge in [0.05, 0.1) is 5.60 Å². The minimum atomic E-state index is -0.452. The van der Waals surface area contributed by atoms with Crippen molar-refractivity contribution in [1.29, 1.82) is 0 Å². The Kier molecular flexibility index (Phi) is 5.25. The number of nitrogens with one attached hydrogen (secondary N) is 1. The average molecular weight is 296 g/mol. The predicted octanol–water partition coefficient (Wildman–Crippen LogP) is 1.71. The fourth-order valence-electron chi connectivity index (χ4n) is 3.21. The van der Waals surface area contributed by atoms with Crippen LogP contribution in [0.3, 0.4) is 0 Å². The lowest BCUT2D eigenvalue weighted by Crippen LogP contribution is -2.51. The molecular weight excluding hydrogens is 268 g/mol. The van der Waals surface area contributed by atoms with Gasteiger partial charge < -0.3 is 15.0 Å². The normalized spacial score (nSPS) is 29.6. The van der Waals surface area contributed by atoms with Gasteiger partial charge in [0.1, 0.15) is 0 Å². The third-order valence-electron chi connectivity index (χ3n) is 4.53. The number of rotatable bonds is 1. The van der Waals surface area contributed by atoms with Gasteiger partial charge in [-0.3, -0.25) is 9.59 Å². The Morgan fingerprint density at radius 1 is 1.19 bits per heavy atom. The number of likely N-dealkylation sites (tertiary alicyclic amines) is 1. The lowest BCUT2D eigenvalue weighted by atomic mass is 9.94. The van der Waals surface area contributed by atoms with Crippen LogP contribution in [0, 0.1) is 5.92 Å². The van der Waals surface area contributed by atoms with E-state index in [1.54, 1.807) is 4.90 Å². The zero-order chi connectivity index (χ0) is 15.5. The predicted molar refractivity (Wildman–Crippen MR) is 80.8 cm³/mol. The van der Waals surface area contributed by atoms with Crippen LogP contribution in [-0.2, 0) is 14.3 Å². The fraction of sp³-hybridized carbons (Fsp3) is 0.875. The Balaban J connectivity index is 1.86. The summed E-state index contributed by atoms with van der Waals surface area (Å²) >= 11 is 0. The van der Waals surface area contributed by atoms with E-state index < -0.39 is 5.91 Å². The average Bonchev–Trinajstić information content (AvgIpc) is 2.61. The van der Waals surface area contributed by atoms with E-state index in [1.807, 2.05) is 13.8 Å². The van der Waals surface area contributed by atoms with Crippen LogP contribution >= 0.6 is 0 Å². The van der Waals surface area contributed by atoms with Gasteiger partial charge in [-0.15, -0.1) is 0 Å². The molecule has 2 unspecified atom stereocenters. The Hall–Kier alpha value is -1.10. The van der Waals surface area contributed by atoms with E-state index in [0.717, 1.165) is 32.1 Å². The second-order valence-electron chi connectivity index (χ2n) is 7.10. The van der Waals surface area contributed by atoms with Gasteiger partial charge in [0.15, 0.2) is 0 Å². The van der Waals surface area contributed by atoms with Crippen LogP contribution in [0.1, 0.15) is 52.9 Å². The molecule has 2 atom stereocenters. The van der Waals surface area contributed by atoms with E-state index in [0.29, 0.717) is 25.6 Å². The van der Waals surface area contributed by atoms with Crippen molar-refractivity contribution in [2.24, 2.45) is 5.92 Å². The molecule has 5 nitrogen and oxygen atoms in total. The standard InChI is InChI=1S/C16H28N2O3/c1-12-5-4-8-18(9-6-12)15(20)14(19)17-13-7-10-21-16(2,3)11-13/h12-13H,4-11H2,1-3H3,(H,17,19). The first-order chi connectivity index (χ1) is 9.87. The van der Waals surface area contributed by atoms with E-state index in [1.165, 1.54) is 0 Å². The minimum absolute atomic E-state index is 0.0381. The van der Waals surface area contributed by atoms with Gasteiger partial charge in [0.2, 0.25) is 0 Å². The first-order valence-corrected chi connectivity index (χ1v) is 8.11. The van der Waals surface area contributed by atoms with Crippen molar-refractivity contribution in [1.82, 2.24) is 10.2 Å². The smallest absolute Gasteiger partial charge is 0.311 e. The maximum Gasteiger partial charge on any atom is 0.311 e. The largest absolute Gasteiger partial charge is 0.375 e. The Morgan fingerprint density at radius 3 is 2.67 bits per heavy atom. The van der Waals surface area contributed by atoms with Crippen LogP contribution in [0.25, 0.3) is 0 Å². The minimum Gasteiger partial charge on any atom is -0.375 e. The Labute approximate surface area is 127 Å². The van der Waals surface area contributed by atoms with Crippen LogP contribution in [-0.4, -0.2) is 48.1 Å². The molecule has 120 valence electrons. The molecule has 0 spiro atoms. The SMILES string of the molecule is CC1CCCN(C(=O)C(=O)NC2CCOC(C)(C)C2)CC1. The topological polar surface area (TPSA) is 58.6 Å². The monoisotopic (exact) mass is 296 g/mol. The molecule has 0 aromatic carbocycles. The van der Waals surface area contributed by atoms with Crippen LogP contribution in [0.2, 0.25) is 0 Å². The summed E-state index contributed by atoms with van der Waals surface area (Å²) in [7, 11) is 0. The number of nitrogens with zero attached hydrogens (tertiary/aromatic N) is 1. The van der Waals surface area contributed by atoms with E-state index in [-0.39, 0.29) is 17.6 Å². The maximum absolute atomic E-state index is 12.3. The number of carbonyl (C=O) groups excluding carboxylic acids is 2. The lowest BCUT2D eigenvalue weighted by Gasteiger charge is -2.35. The number of carbonyl (C=O) groups is 2. The molecule has 2 heterocycles. The molecule has 0 bridgehead atoms. The summed E-state index contributed by atoms with van der Waals surface area (Å²) in [5.74, 6) is -0.178. The summed E-state index contributed by atoms with van der Waals surface area (Å²) in [5, 5.41) is 2.89. The third kappa shape index (κ3) is 4.70. The van der Waals surface area contributed by atoms with Crippen molar-refractivity contribution in [3.8, 4) is 0 Å². The molecule has 2 aliphatic rings. The van der Waals surface area contributed by atoms with Gasteiger partial charge in [-0.2, -0.15) is 0 Å². The van der Waals surface area contributed by atoms with Crippen LogP contribution < -0.4 is 5.32 Å². The van der Waals surface area contributed by atoms with Crippen LogP contribution in [0.4, 0.5) is 0 Å². The number of hydrogen-bond acceptors (Lipinski definition) is 3. The van der Waals surface area contributed by atoms with Gasteiger partial charge in [-0.25, -0.2) is 0 Å². The molecule has 21 heavy (non-hydrogen) atoms. The molecule has 0 aromatic rings. The van der Waals surface area contributed by atoms with Crippen molar-refractivity contribution < 1.29 is 14.3 Å². The zero-order valence-corrected chi connectivity index (χ0v) is 13.5. The zero-order valence-electron chi connectivity index (χ0n) is 13.5. The highest BCUT2D eigenvalue weighted by Gasteiger charge is 2.32. The fourth-order valence-corrected chi connectivity index (χ4v) is 3.21. The van der Waals surface area contributed by atoms with Gasteiger partial charge in [-0.1, -0.05) is 6.92 Å². The summed E-state index contributed by atoms with van der Waals surface area (Å²) in [6.07, 6.45) is 4.65. The first kappa shape index (κ1) is 16.3. The summed E-state index contributed by atoms with van der Waals surface area (Å²) in [4.78, 5) is 26.2. The van der Waals surface area contributed by atoms with Crippen molar-refractivity contribution in [3.63, 3.8) is 0 Å². The molecule has 0 radical (unpaired) electrons. The van der Waals surface area contributed by atoms with Crippen LogP contribution in [0.5, 0.6) is 0 Å². The van der Waals surface area contributed by atoms with Crippen molar-refractivity contribution in [2.75, 3.05) is 19.7 Å².